The Morgan fingerprint density at radius 2 is 1.80 bits per heavy atom. The molecule has 1 aromatic carbocycles. The third-order valence-electron chi connectivity index (χ3n) is 4.29. The summed E-state index contributed by atoms with van der Waals surface area (Å²) in [5.74, 6) is -1.25. The highest BCUT2D eigenvalue weighted by atomic mass is 16.4. The Hall–Kier alpha value is -2.34. The monoisotopic (exact) mass is 346 g/mol. The molecule has 1 aromatic heterocycles. The van der Waals surface area contributed by atoms with Crippen LogP contribution in [-0.2, 0) is 16.0 Å². The molecular weight excluding hydrogens is 320 g/mol. The van der Waals surface area contributed by atoms with Crippen LogP contribution in [0.15, 0.2) is 30.5 Å². The van der Waals surface area contributed by atoms with E-state index in [-0.39, 0.29) is 18.9 Å². The summed E-state index contributed by atoms with van der Waals surface area (Å²) in [5, 5.41) is 21.7. The lowest BCUT2D eigenvalue weighted by Gasteiger charge is -2.14. The molecule has 0 spiro atoms. The van der Waals surface area contributed by atoms with Crippen LogP contribution < -0.4 is 5.32 Å². The fourth-order valence-electron chi connectivity index (χ4n) is 2.91. The smallest absolute Gasteiger partial charge is 0.326 e. The van der Waals surface area contributed by atoms with Crippen molar-refractivity contribution in [2.24, 2.45) is 0 Å². The van der Waals surface area contributed by atoms with Gasteiger partial charge >= 0.3 is 5.97 Å². The first-order chi connectivity index (χ1) is 12.1. The highest BCUT2D eigenvalue weighted by molar-refractivity contribution is 5.86. The van der Waals surface area contributed by atoms with Gasteiger partial charge in [0.05, 0.1) is 0 Å². The molecule has 0 aliphatic heterocycles. The van der Waals surface area contributed by atoms with Gasteiger partial charge in [-0.2, -0.15) is 0 Å². The predicted octanol–water partition coefficient (Wildman–Crippen LogP) is 2.61. The topological polar surface area (TPSA) is 102 Å². The summed E-state index contributed by atoms with van der Waals surface area (Å²) in [5.41, 5.74) is 1.84. The number of carboxylic acid groups (broad SMARTS) is 1. The number of unbranched alkanes of at least 4 members (excludes halogenated alkanes) is 4. The predicted molar refractivity (Wildman–Crippen MR) is 96.4 cm³/mol. The quantitative estimate of drug-likeness (QED) is 0.470. The summed E-state index contributed by atoms with van der Waals surface area (Å²) in [6.07, 6.45) is 6.75. The summed E-state index contributed by atoms with van der Waals surface area (Å²) < 4.78 is 0. The number of carbonyl (C=O) groups excluding carboxylic acids is 1. The number of amides is 1. The van der Waals surface area contributed by atoms with Crippen molar-refractivity contribution in [2.45, 2.75) is 51.0 Å². The number of rotatable bonds is 11. The van der Waals surface area contributed by atoms with Gasteiger partial charge in [-0.15, -0.1) is 0 Å². The minimum Gasteiger partial charge on any atom is -0.480 e. The van der Waals surface area contributed by atoms with Crippen molar-refractivity contribution >= 4 is 22.8 Å². The summed E-state index contributed by atoms with van der Waals surface area (Å²) in [6, 6.07) is 6.77. The molecule has 1 amide bonds. The number of aromatic amines is 1. The van der Waals surface area contributed by atoms with Gasteiger partial charge in [-0.25, -0.2) is 4.79 Å². The van der Waals surface area contributed by atoms with Crippen LogP contribution in [-0.4, -0.2) is 39.7 Å². The number of aliphatic carboxylic acids is 1. The van der Waals surface area contributed by atoms with Crippen LogP contribution in [0.4, 0.5) is 0 Å². The number of benzene rings is 1. The third-order valence-corrected chi connectivity index (χ3v) is 4.29. The molecule has 0 unspecified atom stereocenters. The summed E-state index contributed by atoms with van der Waals surface area (Å²) in [6.45, 7) is 0.203. The average molecular weight is 346 g/mol. The summed E-state index contributed by atoms with van der Waals surface area (Å²) in [7, 11) is 0. The fourth-order valence-corrected chi connectivity index (χ4v) is 2.91. The third kappa shape index (κ3) is 5.90. The number of aromatic nitrogens is 1. The molecule has 0 saturated heterocycles. The first-order valence-corrected chi connectivity index (χ1v) is 8.80. The number of para-hydroxylation sites is 1. The Labute approximate surface area is 147 Å². The maximum Gasteiger partial charge on any atom is 0.326 e. The second-order valence-electron chi connectivity index (χ2n) is 6.26. The number of carbonyl (C=O) groups is 2. The lowest BCUT2D eigenvalue weighted by Crippen LogP contribution is -2.42. The maximum absolute atomic E-state index is 12.0. The van der Waals surface area contributed by atoms with Crippen LogP contribution in [0, 0.1) is 0 Å². The van der Waals surface area contributed by atoms with E-state index in [0.717, 1.165) is 48.6 Å². The van der Waals surface area contributed by atoms with Crippen molar-refractivity contribution in [1.82, 2.24) is 10.3 Å². The number of H-pyrrole nitrogens is 1. The van der Waals surface area contributed by atoms with Crippen molar-refractivity contribution < 1.29 is 19.8 Å². The Morgan fingerprint density at radius 1 is 1.08 bits per heavy atom. The molecule has 136 valence electrons. The molecule has 0 aliphatic rings. The number of carboxylic acids is 1. The van der Waals surface area contributed by atoms with E-state index in [1.54, 1.807) is 6.20 Å². The molecule has 0 bridgehead atoms. The zero-order valence-electron chi connectivity index (χ0n) is 14.3. The van der Waals surface area contributed by atoms with Gasteiger partial charge < -0.3 is 20.5 Å². The molecule has 0 fully saturated rings. The van der Waals surface area contributed by atoms with E-state index < -0.39 is 12.0 Å². The summed E-state index contributed by atoms with van der Waals surface area (Å²) in [4.78, 5) is 26.6. The van der Waals surface area contributed by atoms with Crippen LogP contribution in [0.1, 0.15) is 44.1 Å². The Bertz CT molecular complexity index is 696. The van der Waals surface area contributed by atoms with Gasteiger partial charge in [0.25, 0.3) is 0 Å². The number of hydrogen-bond donors (Lipinski definition) is 4. The van der Waals surface area contributed by atoms with E-state index in [4.69, 9.17) is 5.11 Å². The Kier molecular flexibility index (Phi) is 7.47. The lowest BCUT2D eigenvalue weighted by atomic mass is 10.0. The SMILES string of the molecule is O=C(CCCCCCCO)N[C@@H](Cc1c[nH]c2ccccc12)C(=O)O. The highest BCUT2D eigenvalue weighted by Gasteiger charge is 2.21. The average Bonchev–Trinajstić information content (AvgIpc) is 3.00. The van der Waals surface area contributed by atoms with Gasteiger partial charge in [-0.1, -0.05) is 37.5 Å². The van der Waals surface area contributed by atoms with Crippen LogP contribution in [0.25, 0.3) is 10.9 Å². The molecule has 0 saturated carbocycles. The van der Waals surface area contributed by atoms with Crippen LogP contribution >= 0.6 is 0 Å². The van der Waals surface area contributed by atoms with Gasteiger partial charge in [0, 0.05) is 36.5 Å². The molecule has 4 N–H and O–H groups in total. The van der Waals surface area contributed by atoms with Gasteiger partial charge in [0.1, 0.15) is 6.04 Å². The van der Waals surface area contributed by atoms with E-state index >= 15 is 0 Å². The van der Waals surface area contributed by atoms with E-state index in [1.807, 2.05) is 24.3 Å². The standard InChI is InChI=1S/C19H26N2O4/c22-11-7-3-1-2-4-10-18(23)21-17(19(24)25)12-14-13-20-16-9-6-5-8-15(14)16/h5-6,8-9,13,17,20,22H,1-4,7,10-12H2,(H,21,23)(H,24,25)/t17-/m0/s1. The van der Waals surface area contributed by atoms with Crippen molar-refractivity contribution in [1.29, 1.82) is 0 Å². The molecule has 6 heteroatoms. The second-order valence-corrected chi connectivity index (χ2v) is 6.26. The summed E-state index contributed by atoms with van der Waals surface area (Å²) >= 11 is 0. The zero-order valence-corrected chi connectivity index (χ0v) is 14.3. The van der Waals surface area contributed by atoms with Gasteiger partial charge in [-0.05, 0) is 24.5 Å². The first kappa shape index (κ1) is 19.0. The number of hydrogen-bond acceptors (Lipinski definition) is 3. The van der Waals surface area contributed by atoms with E-state index in [9.17, 15) is 14.7 Å². The minimum atomic E-state index is -1.03. The molecule has 25 heavy (non-hydrogen) atoms. The van der Waals surface area contributed by atoms with E-state index in [1.165, 1.54) is 0 Å². The minimum absolute atomic E-state index is 0.203. The molecule has 6 nitrogen and oxygen atoms in total. The van der Waals surface area contributed by atoms with Crippen LogP contribution in [0.3, 0.4) is 0 Å². The van der Waals surface area contributed by atoms with Crippen molar-refractivity contribution in [3.05, 3.63) is 36.0 Å². The van der Waals surface area contributed by atoms with Crippen LogP contribution in [0.5, 0.6) is 0 Å². The maximum atomic E-state index is 12.0. The Morgan fingerprint density at radius 3 is 2.56 bits per heavy atom. The van der Waals surface area contributed by atoms with Crippen molar-refractivity contribution in [3.63, 3.8) is 0 Å². The van der Waals surface area contributed by atoms with Gasteiger partial charge in [0.15, 0.2) is 0 Å². The molecule has 0 aliphatic carbocycles. The molecule has 0 radical (unpaired) electrons. The fraction of sp³-hybridized carbons (Fsp3) is 0.474. The number of aliphatic hydroxyl groups is 1. The Balaban J connectivity index is 1.84. The van der Waals surface area contributed by atoms with Gasteiger partial charge in [0.2, 0.25) is 5.91 Å². The van der Waals surface area contributed by atoms with Gasteiger partial charge in [-0.3, -0.25) is 4.79 Å². The number of nitrogens with one attached hydrogen (secondary N) is 2. The number of fused-ring (bicyclic) bond motifs is 1. The lowest BCUT2D eigenvalue weighted by molar-refractivity contribution is -0.141. The molecule has 2 rings (SSSR count). The molecule has 2 aromatic rings. The van der Waals surface area contributed by atoms with E-state index in [2.05, 4.69) is 10.3 Å². The normalized spacial score (nSPS) is 12.2. The van der Waals surface area contributed by atoms with Crippen LogP contribution in [0.2, 0.25) is 0 Å². The molecule has 1 atom stereocenters. The first-order valence-electron chi connectivity index (χ1n) is 8.80. The zero-order chi connectivity index (χ0) is 18.1. The van der Waals surface area contributed by atoms with Crippen molar-refractivity contribution in [2.75, 3.05) is 6.61 Å². The largest absolute Gasteiger partial charge is 0.480 e. The molecular formula is C19H26N2O4. The second kappa shape index (κ2) is 9.84. The van der Waals surface area contributed by atoms with E-state index in [0.29, 0.717) is 6.42 Å². The van der Waals surface area contributed by atoms with Crippen molar-refractivity contribution in [3.8, 4) is 0 Å². The highest BCUT2D eigenvalue weighted by Crippen LogP contribution is 2.19. The molecule has 1 heterocycles. The number of aliphatic hydroxyl groups excluding tert-OH is 1.